The Morgan fingerprint density at radius 2 is 1.78 bits per heavy atom. The number of alkyl halides is 4. The molecule has 1 heterocycles. The first-order valence-electron chi connectivity index (χ1n) is 9.54. The normalized spacial score (nSPS) is 11.4. The molecule has 3 aromatic rings. The van der Waals surface area contributed by atoms with Crippen LogP contribution in [-0.4, -0.2) is 46.9 Å². The molecule has 0 saturated carbocycles. The van der Waals surface area contributed by atoms with Crippen LogP contribution >= 0.6 is 11.6 Å². The number of carbonyl (C=O) groups excluding carboxylic acids is 1. The molecule has 0 saturated heterocycles. The van der Waals surface area contributed by atoms with E-state index >= 15 is 0 Å². The molecule has 7 nitrogen and oxygen atoms in total. The van der Waals surface area contributed by atoms with E-state index in [9.17, 15) is 18.0 Å². The summed E-state index contributed by atoms with van der Waals surface area (Å²) in [5.74, 6) is 0.295. The summed E-state index contributed by atoms with van der Waals surface area (Å²) in [6.07, 6.45) is -4.25. The number of amides is 1. The van der Waals surface area contributed by atoms with Crippen molar-refractivity contribution in [2.24, 2.45) is 0 Å². The minimum Gasteiger partial charge on any atom is -0.460 e. The van der Waals surface area contributed by atoms with Crippen LogP contribution in [0.15, 0.2) is 48.5 Å². The summed E-state index contributed by atoms with van der Waals surface area (Å²) >= 11 is 5.56. The second kappa shape index (κ2) is 10.5. The molecule has 170 valence electrons. The van der Waals surface area contributed by atoms with Crippen LogP contribution in [0.25, 0.3) is 17.1 Å². The molecular weight excluding hydrogens is 449 g/mol. The van der Waals surface area contributed by atoms with Gasteiger partial charge in [-0.1, -0.05) is 12.1 Å². The van der Waals surface area contributed by atoms with Crippen LogP contribution in [0, 0.1) is 0 Å². The third-order valence-electron chi connectivity index (χ3n) is 4.29. The number of methoxy groups -OCH3 is 1. The monoisotopic (exact) mass is 468 g/mol. The van der Waals surface area contributed by atoms with E-state index in [0.717, 1.165) is 12.1 Å². The molecule has 1 N–H and O–H groups in total. The summed E-state index contributed by atoms with van der Waals surface area (Å²) in [5.41, 5.74) is 0.800. The number of hydrogen-bond acceptors (Lipinski definition) is 5. The molecule has 1 amide bonds. The highest BCUT2D eigenvalue weighted by Gasteiger charge is 2.30. The third kappa shape index (κ3) is 5.98. The van der Waals surface area contributed by atoms with Crippen molar-refractivity contribution in [2.75, 3.05) is 31.5 Å². The number of aromatic nitrogens is 3. The molecule has 0 aliphatic heterocycles. The summed E-state index contributed by atoms with van der Waals surface area (Å²) in [4.78, 5) is 16.0. The average Bonchev–Trinajstić information content (AvgIpc) is 3.18. The minimum atomic E-state index is -4.44. The van der Waals surface area contributed by atoms with Crippen molar-refractivity contribution in [1.82, 2.24) is 14.8 Å². The quantitative estimate of drug-likeness (QED) is 0.368. The molecule has 11 heteroatoms. The minimum absolute atomic E-state index is 0.0523. The van der Waals surface area contributed by atoms with Crippen molar-refractivity contribution in [3.8, 4) is 23.1 Å². The predicted octanol–water partition coefficient (Wildman–Crippen LogP) is 4.55. The molecule has 0 atom stereocenters. The number of ether oxygens (including phenoxy) is 2. The summed E-state index contributed by atoms with van der Waals surface area (Å²) < 4.78 is 50.6. The maximum absolute atomic E-state index is 12.9. The Morgan fingerprint density at radius 3 is 2.38 bits per heavy atom. The van der Waals surface area contributed by atoms with Gasteiger partial charge < -0.3 is 14.8 Å². The molecule has 0 aliphatic carbocycles. The maximum atomic E-state index is 12.9. The molecule has 0 bridgehead atoms. The molecule has 1 aromatic heterocycles. The van der Waals surface area contributed by atoms with Crippen LogP contribution in [0.2, 0.25) is 0 Å². The predicted molar refractivity (Wildman–Crippen MR) is 113 cm³/mol. The van der Waals surface area contributed by atoms with Gasteiger partial charge in [0, 0.05) is 30.7 Å². The topological polar surface area (TPSA) is 78.3 Å². The van der Waals surface area contributed by atoms with E-state index in [2.05, 4.69) is 15.4 Å². The highest BCUT2D eigenvalue weighted by Crippen LogP contribution is 2.31. The van der Waals surface area contributed by atoms with Crippen LogP contribution in [0.3, 0.4) is 0 Å². The van der Waals surface area contributed by atoms with Gasteiger partial charge in [-0.3, -0.25) is 4.79 Å². The van der Waals surface area contributed by atoms with Crippen LogP contribution in [-0.2, 0) is 15.7 Å². The van der Waals surface area contributed by atoms with Gasteiger partial charge in [0.2, 0.25) is 5.91 Å². The van der Waals surface area contributed by atoms with Gasteiger partial charge in [-0.05, 0) is 36.4 Å². The lowest BCUT2D eigenvalue weighted by Gasteiger charge is -2.09. The number of halogens is 4. The molecule has 0 aliphatic rings. The van der Waals surface area contributed by atoms with E-state index in [1.54, 1.807) is 24.3 Å². The van der Waals surface area contributed by atoms with Gasteiger partial charge in [-0.2, -0.15) is 18.2 Å². The highest BCUT2D eigenvalue weighted by molar-refractivity contribution is 6.19. The summed E-state index contributed by atoms with van der Waals surface area (Å²) in [7, 11) is 1.52. The Hall–Kier alpha value is -3.11. The highest BCUT2D eigenvalue weighted by atomic mass is 35.5. The second-order valence-corrected chi connectivity index (χ2v) is 6.96. The van der Waals surface area contributed by atoms with Crippen molar-refractivity contribution < 1.29 is 27.4 Å². The first-order chi connectivity index (χ1) is 15.3. The van der Waals surface area contributed by atoms with Gasteiger partial charge in [-0.25, -0.2) is 4.68 Å². The number of nitrogens with zero attached hydrogens (tertiary/aromatic N) is 3. The van der Waals surface area contributed by atoms with E-state index in [0.29, 0.717) is 29.4 Å². The van der Waals surface area contributed by atoms with Gasteiger partial charge in [0.25, 0.3) is 0 Å². The zero-order valence-corrected chi connectivity index (χ0v) is 17.8. The maximum Gasteiger partial charge on any atom is 0.416 e. The number of benzene rings is 2. The van der Waals surface area contributed by atoms with Crippen molar-refractivity contribution >= 4 is 23.2 Å². The molecule has 32 heavy (non-hydrogen) atoms. The number of nitrogens with one attached hydrogen (secondary N) is 1. The first kappa shape index (κ1) is 23.6. The van der Waals surface area contributed by atoms with Crippen molar-refractivity contribution in [3.05, 3.63) is 54.1 Å². The van der Waals surface area contributed by atoms with E-state index in [1.807, 2.05) is 0 Å². The number of hydrogen-bond donors (Lipinski definition) is 1. The Bertz CT molecular complexity index is 1040. The van der Waals surface area contributed by atoms with Gasteiger partial charge in [-0.15, -0.1) is 16.7 Å². The fourth-order valence-corrected chi connectivity index (χ4v) is 2.91. The molecule has 0 unspecified atom stereocenters. The molecule has 0 spiro atoms. The van der Waals surface area contributed by atoms with E-state index in [-0.39, 0.29) is 30.8 Å². The van der Waals surface area contributed by atoms with Crippen LogP contribution in [0.4, 0.5) is 18.9 Å². The molecule has 2 aromatic carbocycles. The van der Waals surface area contributed by atoms with Crippen molar-refractivity contribution in [1.29, 1.82) is 0 Å². The van der Waals surface area contributed by atoms with Gasteiger partial charge >= 0.3 is 12.2 Å². The first-order valence-corrected chi connectivity index (χ1v) is 10.1. The molecule has 0 fully saturated rings. The van der Waals surface area contributed by atoms with Crippen molar-refractivity contribution in [2.45, 2.75) is 12.6 Å². The standard InChI is InChI=1S/C21H20ClF3N4O3/c1-31-12-13-32-20-27-19(14-2-4-15(5-3-14)21(23,24)25)29(28-20)17-8-6-16(7-9-17)26-18(30)10-11-22/h2-9H,10-13H2,1H3,(H,26,30). The van der Waals surface area contributed by atoms with E-state index in [4.69, 9.17) is 21.1 Å². The van der Waals surface area contributed by atoms with Gasteiger partial charge in [0.05, 0.1) is 17.9 Å². The van der Waals surface area contributed by atoms with Crippen molar-refractivity contribution in [3.63, 3.8) is 0 Å². The summed E-state index contributed by atoms with van der Waals surface area (Å²) in [5, 5.41) is 7.03. The average molecular weight is 469 g/mol. The smallest absolute Gasteiger partial charge is 0.416 e. The Kier molecular flexibility index (Phi) is 7.70. The van der Waals surface area contributed by atoms with Gasteiger partial charge in [0.15, 0.2) is 5.82 Å². The van der Waals surface area contributed by atoms with E-state index < -0.39 is 11.7 Å². The lowest BCUT2D eigenvalue weighted by Crippen LogP contribution is -2.11. The second-order valence-electron chi connectivity index (χ2n) is 6.58. The summed E-state index contributed by atoms with van der Waals surface area (Å²) in [6, 6.07) is 11.4. The number of carbonyl (C=O) groups is 1. The fraction of sp³-hybridized carbons (Fsp3) is 0.286. The fourth-order valence-electron chi connectivity index (χ4n) is 2.74. The number of anilines is 1. The molecule has 0 radical (unpaired) electrons. The SMILES string of the molecule is COCCOc1nc(-c2ccc(C(F)(F)F)cc2)n(-c2ccc(NC(=O)CCCl)cc2)n1. The third-order valence-corrected chi connectivity index (χ3v) is 4.48. The number of rotatable bonds is 9. The Morgan fingerprint density at radius 1 is 1.09 bits per heavy atom. The van der Waals surface area contributed by atoms with E-state index in [1.165, 1.54) is 23.9 Å². The van der Waals surface area contributed by atoms with Crippen LogP contribution in [0.1, 0.15) is 12.0 Å². The largest absolute Gasteiger partial charge is 0.460 e. The lowest BCUT2D eigenvalue weighted by molar-refractivity contribution is -0.137. The zero-order valence-electron chi connectivity index (χ0n) is 17.0. The molecule has 3 rings (SSSR count). The van der Waals surface area contributed by atoms with Crippen LogP contribution in [0.5, 0.6) is 6.01 Å². The van der Waals surface area contributed by atoms with Crippen LogP contribution < -0.4 is 10.1 Å². The zero-order chi connectivity index (χ0) is 23.1. The summed E-state index contributed by atoms with van der Waals surface area (Å²) in [6.45, 7) is 0.527. The Balaban J connectivity index is 1.92. The molecular formula is C21H20ClF3N4O3. The lowest BCUT2D eigenvalue weighted by atomic mass is 10.1. The Labute approximate surface area is 187 Å². The van der Waals surface area contributed by atoms with Gasteiger partial charge in [0.1, 0.15) is 6.61 Å².